The van der Waals surface area contributed by atoms with E-state index >= 15 is 0 Å². The molecule has 0 atom stereocenters. The van der Waals surface area contributed by atoms with Crippen molar-refractivity contribution >= 4 is 32.9 Å². The number of likely N-dealkylation sites (N-methyl/N-ethyl adjacent to an activating group) is 1. The molecule has 0 aliphatic rings. The fourth-order valence-electron chi connectivity index (χ4n) is 2.60. The Morgan fingerprint density at radius 1 is 1.31 bits per heavy atom. The van der Waals surface area contributed by atoms with Crippen LogP contribution in [0.25, 0.3) is 11.0 Å². The van der Waals surface area contributed by atoms with Gasteiger partial charge in [-0.15, -0.1) is 0 Å². The molecule has 0 radical (unpaired) electrons. The molecule has 2 heterocycles. The molecule has 1 amide bonds. The first kappa shape index (κ1) is 20.9. The fourth-order valence-corrected chi connectivity index (χ4v) is 2.96. The van der Waals surface area contributed by atoms with Crippen molar-refractivity contribution in [2.75, 3.05) is 25.2 Å². The average Bonchev–Trinajstić information content (AvgIpc) is 3.21. The summed E-state index contributed by atoms with van der Waals surface area (Å²) in [6.45, 7) is -0.372. The highest BCUT2D eigenvalue weighted by Crippen LogP contribution is 2.32. The summed E-state index contributed by atoms with van der Waals surface area (Å²) in [6, 6.07) is 6.37. The number of benzene rings is 1. The number of sulfonamides is 1. The van der Waals surface area contributed by atoms with E-state index in [1.807, 2.05) is 0 Å². The largest absolute Gasteiger partial charge is 0.467 e. The number of furan rings is 1. The summed E-state index contributed by atoms with van der Waals surface area (Å²) < 4.78 is 69.6. The molecule has 156 valence electrons. The van der Waals surface area contributed by atoms with Crippen LogP contribution in [0.4, 0.5) is 19.1 Å². The van der Waals surface area contributed by atoms with Crippen LogP contribution in [0.3, 0.4) is 0 Å². The van der Waals surface area contributed by atoms with Gasteiger partial charge in [-0.3, -0.25) is 10.1 Å². The number of alkyl halides is 3. The minimum atomic E-state index is -4.54. The monoisotopic (exact) mass is 430 g/mol. The summed E-state index contributed by atoms with van der Waals surface area (Å²) in [6.07, 6.45) is -2.15. The molecule has 0 bridgehead atoms. The molecule has 0 fully saturated rings. The minimum absolute atomic E-state index is 0.0253. The first-order valence-corrected chi connectivity index (χ1v) is 10.1. The number of nitrogens with one attached hydrogen (secondary N) is 1. The van der Waals surface area contributed by atoms with Crippen LogP contribution in [-0.2, 0) is 27.5 Å². The summed E-state index contributed by atoms with van der Waals surface area (Å²) in [4.78, 5) is 16.4. The van der Waals surface area contributed by atoms with E-state index in [-0.39, 0.29) is 18.0 Å². The molecule has 8 nitrogen and oxygen atoms in total. The second kappa shape index (κ2) is 7.52. The maximum absolute atomic E-state index is 13.0. The summed E-state index contributed by atoms with van der Waals surface area (Å²) in [5.41, 5.74) is -0.498. The predicted octanol–water partition coefficient (Wildman–Crippen LogP) is 2.53. The molecule has 0 saturated carbocycles. The lowest BCUT2D eigenvalue weighted by Gasteiger charge is -2.14. The van der Waals surface area contributed by atoms with Gasteiger partial charge < -0.3 is 8.98 Å². The second-order valence-corrected chi connectivity index (χ2v) is 8.46. The molecule has 2 aromatic heterocycles. The Balaban J connectivity index is 1.98. The van der Waals surface area contributed by atoms with Crippen LogP contribution >= 0.6 is 0 Å². The Hall–Kier alpha value is -2.86. The number of carbonyl (C=O) groups excluding carboxylic acids is 1. The van der Waals surface area contributed by atoms with E-state index < -0.39 is 34.2 Å². The molecular weight excluding hydrogens is 413 g/mol. The van der Waals surface area contributed by atoms with E-state index in [1.54, 1.807) is 12.1 Å². The number of imidazole rings is 1. The Labute approximate surface area is 164 Å². The van der Waals surface area contributed by atoms with Crippen LogP contribution in [-0.4, -0.2) is 48.0 Å². The highest BCUT2D eigenvalue weighted by Gasteiger charge is 2.31. The third-order valence-electron chi connectivity index (χ3n) is 4.15. The van der Waals surface area contributed by atoms with Gasteiger partial charge in [0.2, 0.25) is 21.9 Å². The average molecular weight is 430 g/mol. The zero-order chi connectivity index (χ0) is 21.4. The Bertz CT molecular complexity index is 1140. The number of aromatic nitrogens is 2. The Morgan fingerprint density at radius 2 is 2.03 bits per heavy atom. The fraction of sp³-hybridized carbons (Fsp3) is 0.294. The Morgan fingerprint density at radius 3 is 2.62 bits per heavy atom. The number of rotatable bonds is 6. The van der Waals surface area contributed by atoms with Gasteiger partial charge in [0, 0.05) is 7.05 Å². The number of anilines is 1. The lowest BCUT2D eigenvalue weighted by molar-refractivity contribution is -0.137. The van der Waals surface area contributed by atoms with Crippen LogP contribution in [0.1, 0.15) is 11.3 Å². The second-order valence-electron chi connectivity index (χ2n) is 6.37. The van der Waals surface area contributed by atoms with E-state index in [9.17, 15) is 26.4 Å². The van der Waals surface area contributed by atoms with Crippen molar-refractivity contribution in [2.24, 2.45) is 0 Å². The lowest BCUT2D eigenvalue weighted by atomic mass is 10.2. The molecule has 1 N–H and O–H groups in total. The summed E-state index contributed by atoms with van der Waals surface area (Å²) >= 11 is 0. The van der Waals surface area contributed by atoms with Gasteiger partial charge in [0.25, 0.3) is 0 Å². The molecule has 0 aliphatic carbocycles. The summed E-state index contributed by atoms with van der Waals surface area (Å²) in [7, 11) is -2.35. The van der Waals surface area contributed by atoms with E-state index in [0.717, 1.165) is 22.7 Å². The molecule has 0 spiro atoms. The van der Waals surface area contributed by atoms with Crippen LogP contribution in [0, 0.1) is 0 Å². The maximum Gasteiger partial charge on any atom is 0.416 e. The standard InChI is InChI=1S/C17H17F3N4O4S/c1-23(29(2,26)27)10-15(25)22-16-21-13-8-11(17(18,19)20)5-6-14(13)24(16)9-12-4-3-7-28-12/h3-8H,9-10H2,1-2H3,(H,21,22,25). The summed E-state index contributed by atoms with van der Waals surface area (Å²) in [5, 5.41) is 2.46. The van der Waals surface area contributed by atoms with Crippen molar-refractivity contribution in [1.82, 2.24) is 13.9 Å². The maximum atomic E-state index is 13.0. The summed E-state index contributed by atoms with van der Waals surface area (Å²) in [5.74, 6) is -0.222. The van der Waals surface area contributed by atoms with Crippen molar-refractivity contribution in [3.63, 3.8) is 0 Å². The first-order chi connectivity index (χ1) is 13.4. The minimum Gasteiger partial charge on any atom is -0.467 e. The lowest BCUT2D eigenvalue weighted by Crippen LogP contribution is -2.34. The number of fused-ring (bicyclic) bond motifs is 1. The normalized spacial score (nSPS) is 12.6. The van der Waals surface area contributed by atoms with E-state index in [1.165, 1.54) is 23.9 Å². The number of hydrogen-bond donors (Lipinski definition) is 1. The predicted molar refractivity (Wildman–Crippen MR) is 98.6 cm³/mol. The van der Waals surface area contributed by atoms with Crippen LogP contribution in [0.15, 0.2) is 41.0 Å². The zero-order valence-corrected chi connectivity index (χ0v) is 16.2. The van der Waals surface area contributed by atoms with Gasteiger partial charge in [0.05, 0.1) is 42.2 Å². The smallest absolute Gasteiger partial charge is 0.416 e. The van der Waals surface area contributed by atoms with Gasteiger partial charge in [-0.05, 0) is 30.3 Å². The van der Waals surface area contributed by atoms with Crippen LogP contribution in [0.2, 0.25) is 0 Å². The molecule has 0 aliphatic heterocycles. The zero-order valence-electron chi connectivity index (χ0n) is 15.4. The number of halogens is 3. The highest BCUT2D eigenvalue weighted by atomic mass is 32.2. The molecule has 12 heteroatoms. The molecule has 1 aromatic carbocycles. The third-order valence-corrected chi connectivity index (χ3v) is 5.41. The van der Waals surface area contributed by atoms with Crippen molar-refractivity contribution in [3.8, 4) is 0 Å². The molecule has 0 unspecified atom stereocenters. The number of hydrogen-bond acceptors (Lipinski definition) is 5. The van der Waals surface area contributed by atoms with Crippen molar-refractivity contribution in [3.05, 3.63) is 47.9 Å². The molecule has 0 saturated heterocycles. The number of amides is 1. The van der Waals surface area contributed by atoms with E-state index in [2.05, 4.69) is 10.3 Å². The van der Waals surface area contributed by atoms with Gasteiger partial charge in [-0.25, -0.2) is 13.4 Å². The van der Waals surface area contributed by atoms with E-state index in [0.29, 0.717) is 11.3 Å². The molecular formula is C17H17F3N4O4S. The van der Waals surface area contributed by atoms with Crippen molar-refractivity contribution in [2.45, 2.75) is 12.7 Å². The van der Waals surface area contributed by atoms with Crippen molar-refractivity contribution in [1.29, 1.82) is 0 Å². The SMILES string of the molecule is CN(CC(=O)Nc1nc2cc(C(F)(F)F)ccc2n1Cc1ccco1)S(C)(=O)=O. The number of nitrogens with zero attached hydrogens (tertiary/aromatic N) is 3. The first-order valence-electron chi connectivity index (χ1n) is 8.26. The van der Waals surface area contributed by atoms with Gasteiger partial charge in [0.15, 0.2) is 0 Å². The van der Waals surface area contributed by atoms with Crippen molar-refractivity contribution < 1.29 is 30.8 Å². The highest BCUT2D eigenvalue weighted by molar-refractivity contribution is 7.88. The molecule has 29 heavy (non-hydrogen) atoms. The van der Waals surface area contributed by atoms with Crippen LogP contribution < -0.4 is 5.32 Å². The van der Waals surface area contributed by atoms with E-state index in [4.69, 9.17) is 4.42 Å². The molecule has 3 aromatic rings. The van der Waals surface area contributed by atoms with Gasteiger partial charge in [-0.2, -0.15) is 17.5 Å². The quantitative estimate of drug-likeness (QED) is 0.648. The van der Waals surface area contributed by atoms with Crippen LogP contribution in [0.5, 0.6) is 0 Å². The van der Waals surface area contributed by atoms with Gasteiger partial charge in [0.1, 0.15) is 5.76 Å². The van der Waals surface area contributed by atoms with Gasteiger partial charge in [-0.1, -0.05) is 0 Å². The number of carbonyl (C=O) groups is 1. The van der Waals surface area contributed by atoms with Gasteiger partial charge >= 0.3 is 6.18 Å². The third kappa shape index (κ3) is 4.77. The Kier molecular flexibility index (Phi) is 5.41. The topological polar surface area (TPSA) is 97.4 Å². The molecule has 3 rings (SSSR count).